The van der Waals surface area contributed by atoms with Gasteiger partial charge in [-0.05, 0) is 31.6 Å². The van der Waals surface area contributed by atoms with Gasteiger partial charge in [-0.2, -0.15) is 11.8 Å². The summed E-state index contributed by atoms with van der Waals surface area (Å²) in [5, 5.41) is 4.01. The molecule has 0 spiro atoms. The third-order valence-electron chi connectivity index (χ3n) is 3.25. The number of thioether (sulfide) groups is 1. The van der Waals surface area contributed by atoms with Crippen LogP contribution in [-0.4, -0.2) is 36.7 Å². The van der Waals surface area contributed by atoms with Gasteiger partial charge in [-0.3, -0.25) is 4.79 Å². The molecule has 1 N–H and O–H groups in total. The number of hydrogen-bond donors (Lipinski definition) is 1. The number of methoxy groups -OCH3 is 1. The van der Waals surface area contributed by atoms with E-state index in [9.17, 15) is 4.79 Å². The predicted molar refractivity (Wildman–Crippen MR) is 73.4 cm³/mol. The number of rotatable bonds is 7. The molecule has 0 aliphatic heterocycles. The van der Waals surface area contributed by atoms with E-state index in [4.69, 9.17) is 4.74 Å². The summed E-state index contributed by atoms with van der Waals surface area (Å²) in [7, 11) is 1.46. The summed E-state index contributed by atoms with van der Waals surface area (Å²) in [6.45, 7) is 2.83. The number of hydrogen-bond acceptors (Lipinski definition) is 4. The number of likely N-dealkylation sites (N-methyl/N-ethyl adjacent to an activating group) is 1. The summed E-state index contributed by atoms with van der Waals surface area (Å²) >= 11 is 2.03. The lowest BCUT2D eigenvalue weighted by Crippen LogP contribution is -2.38. The van der Waals surface area contributed by atoms with Gasteiger partial charge in [0.15, 0.2) is 0 Å². The standard InChI is InChI=1S/C13H25NO2S/c1-3-14-12(13(15)16-2)9-10-17-11-7-5-4-6-8-11/h11-12,14H,3-10H2,1-2H3. The van der Waals surface area contributed by atoms with Crippen molar-refractivity contribution in [1.82, 2.24) is 5.32 Å². The lowest BCUT2D eigenvalue weighted by molar-refractivity contribution is -0.143. The fourth-order valence-electron chi connectivity index (χ4n) is 2.28. The van der Waals surface area contributed by atoms with Gasteiger partial charge in [-0.1, -0.05) is 26.2 Å². The summed E-state index contributed by atoms with van der Waals surface area (Å²) in [6, 6.07) is -0.124. The smallest absolute Gasteiger partial charge is 0.322 e. The number of nitrogens with one attached hydrogen (secondary N) is 1. The molecule has 3 nitrogen and oxygen atoms in total. The van der Waals surface area contributed by atoms with E-state index < -0.39 is 0 Å². The Bertz CT molecular complexity index is 217. The third-order valence-corrected chi connectivity index (χ3v) is 4.66. The summed E-state index contributed by atoms with van der Waals surface area (Å²) < 4.78 is 4.80. The van der Waals surface area contributed by atoms with E-state index in [1.54, 1.807) is 0 Å². The molecule has 0 amide bonds. The lowest BCUT2D eigenvalue weighted by atomic mass is 10.0. The van der Waals surface area contributed by atoms with Gasteiger partial charge in [0.2, 0.25) is 0 Å². The molecule has 0 bridgehead atoms. The maximum Gasteiger partial charge on any atom is 0.322 e. The van der Waals surface area contributed by atoms with Crippen molar-refractivity contribution in [3.63, 3.8) is 0 Å². The van der Waals surface area contributed by atoms with Gasteiger partial charge in [0, 0.05) is 5.25 Å². The van der Waals surface area contributed by atoms with Crippen LogP contribution in [0.5, 0.6) is 0 Å². The zero-order valence-electron chi connectivity index (χ0n) is 11.0. The molecule has 0 aromatic rings. The van der Waals surface area contributed by atoms with Gasteiger partial charge >= 0.3 is 5.97 Å². The first-order valence-electron chi connectivity index (χ1n) is 6.70. The molecular formula is C13H25NO2S. The molecule has 1 saturated carbocycles. The molecule has 0 aromatic carbocycles. The van der Waals surface area contributed by atoms with Crippen molar-refractivity contribution in [2.24, 2.45) is 0 Å². The minimum Gasteiger partial charge on any atom is -0.468 e. The van der Waals surface area contributed by atoms with Crippen LogP contribution >= 0.6 is 11.8 Å². The van der Waals surface area contributed by atoms with Crippen LogP contribution in [-0.2, 0) is 9.53 Å². The van der Waals surface area contributed by atoms with E-state index in [1.807, 2.05) is 18.7 Å². The fourth-order valence-corrected chi connectivity index (χ4v) is 3.65. The Kier molecular flexibility index (Phi) is 7.69. The maximum atomic E-state index is 11.5. The van der Waals surface area contributed by atoms with Crippen molar-refractivity contribution >= 4 is 17.7 Å². The second-order valence-corrected chi connectivity index (χ2v) is 5.96. The summed E-state index contributed by atoms with van der Waals surface area (Å²) in [6.07, 6.45) is 7.75. The van der Waals surface area contributed by atoms with Crippen molar-refractivity contribution in [1.29, 1.82) is 0 Å². The van der Waals surface area contributed by atoms with E-state index in [0.29, 0.717) is 0 Å². The van der Waals surface area contributed by atoms with E-state index >= 15 is 0 Å². The molecule has 1 fully saturated rings. The van der Waals surface area contributed by atoms with Gasteiger partial charge in [0.25, 0.3) is 0 Å². The molecule has 0 saturated heterocycles. The average molecular weight is 259 g/mol. The predicted octanol–water partition coefficient (Wildman–Crippen LogP) is 2.59. The molecule has 0 aromatic heterocycles. The molecule has 4 heteroatoms. The number of esters is 1. The summed E-state index contributed by atoms with van der Waals surface area (Å²) in [5.74, 6) is 0.924. The van der Waals surface area contributed by atoms with Crippen LogP contribution in [0.3, 0.4) is 0 Å². The Hall–Kier alpha value is -0.220. The first-order chi connectivity index (χ1) is 8.27. The quantitative estimate of drug-likeness (QED) is 0.713. The molecule has 1 aliphatic carbocycles. The Morgan fingerprint density at radius 1 is 1.41 bits per heavy atom. The van der Waals surface area contributed by atoms with E-state index in [1.165, 1.54) is 39.2 Å². The van der Waals surface area contributed by atoms with Crippen LogP contribution in [0.4, 0.5) is 0 Å². The van der Waals surface area contributed by atoms with Gasteiger partial charge < -0.3 is 10.1 Å². The Labute approximate surface area is 109 Å². The average Bonchev–Trinajstić information content (AvgIpc) is 2.38. The maximum absolute atomic E-state index is 11.5. The summed E-state index contributed by atoms with van der Waals surface area (Å²) in [4.78, 5) is 11.5. The van der Waals surface area contributed by atoms with Crippen LogP contribution in [0.2, 0.25) is 0 Å². The highest BCUT2D eigenvalue weighted by molar-refractivity contribution is 7.99. The monoisotopic (exact) mass is 259 g/mol. The van der Waals surface area contributed by atoms with Crippen molar-refractivity contribution in [3.05, 3.63) is 0 Å². The molecule has 0 radical (unpaired) electrons. The molecule has 17 heavy (non-hydrogen) atoms. The van der Waals surface area contributed by atoms with Crippen LogP contribution < -0.4 is 5.32 Å². The molecule has 100 valence electrons. The van der Waals surface area contributed by atoms with E-state index in [0.717, 1.165) is 24.0 Å². The second-order valence-electron chi connectivity index (χ2n) is 4.55. The lowest BCUT2D eigenvalue weighted by Gasteiger charge is -2.22. The van der Waals surface area contributed by atoms with Gasteiger partial charge in [-0.15, -0.1) is 0 Å². The molecular weight excluding hydrogens is 234 g/mol. The first-order valence-corrected chi connectivity index (χ1v) is 7.75. The van der Waals surface area contributed by atoms with Crippen LogP contribution in [0.25, 0.3) is 0 Å². The third kappa shape index (κ3) is 5.77. The van der Waals surface area contributed by atoms with Crippen LogP contribution in [0.15, 0.2) is 0 Å². The van der Waals surface area contributed by atoms with Gasteiger partial charge in [-0.25, -0.2) is 0 Å². The summed E-state index contributed by atoms with van der Waals surface area (Å²) in [5.41, 5.74) is 0. The minimum absolute atomic E-state index is 0.124. The highest BCUT2D eigenvalue weighted by Crippen LogP contribution is 2.28. The van der Waals surface area contributed by atoms with Crippen molar-refractivity contribution in [3.8, 4) is 0 Å². The van der Waals surface area contributed by atoms with Crippen LogP contribution in [0, 0.1) is 0 Å². The molecule has 1 rings (SSSR count). The highest BCUT2D eigenvalue weighted by atomic mass is 32.2. The number of carbonyl (C=O) groups is 1. The van der Waals surface area contributed by atoms with Crippen molar-refractivity contribution < 1.29 is 9.53 Å². The molecule has 1 aliphatic rings. The van der Waals surface area contributed by atoms with Crippen LogP contribution in [0.1, 0.15) is 45.4 Å². The fraction of sp³-hybridized carbons (Fsp3) is 0.923. The topological polar surface area (TPSA) is 38.3 Å². The first kappa shape index (κ1) is 14.8. The number of carbonyl (C=O) groups excluding carboxylic acids is 1. The zero-order valence-corrected chi connectivity index (χ0v) is 11.9. The van der Waals surface area contributed by atoms with Gasteiger partial charge in [0.1, 0.15) is 6.04 Å². The largest absolute Gasteiger partial charge is 0.468 e. The number of ether oxygens (including phenoxy) is 1. The second kappa shape index (κ2) is 8.81. The van der Waals surface area contributed by atoms with E-state index in [2.05, 4.69) is 5.32 Å². The van der Waals surface area contributed by atoms with Gasteiger partial charge in [0.05, 0.1) is 7.11 Å². The van der Waals surface area contributed by atoms with E-state index in [-0.39, 0.29) is 12.0 Å². The Morgan fingerprint density at radius 2 is 2.12 bits per heavy atom. The molecule has 1 atom stereocenters. The SMILES string of the molecule is CCNC(CCSC1CCCCC1)C(=O)OC. The highest BCUT2D eigenvalue weighted by Gasteiger charge is 2.19. The Balaban J connectivity index is 2.18. The van der Waals surface area contributed by atoms with Crippen molar-refractivity contribution in [2.75, 3.05) is 19.4 Å². The Morgan fingerprint density at radius 3 is 2.71 bits per heavy atom. The molecule has 1 unspecified atom stereocenters. The zero-order chi connectivity index (χ0) is 12.5. The minimum atomic E-state index is -0.129. The normalized spacial score (nSPS) is 18.9. The van der Waals surface area contributed by atoms with Crippen molar-refractivity contribution in [2.45, 2.75) is 56.7 Å². The molecule has 0 heterocycles.